The fraction of sp³-hybridized carbons (Fsp3) is 0.200. The zero-order chi connectivity index (χ0) is 7.97. The SMILES string of the molecule is C1=CN2C=C3CC=CN3C=C2C1. The van der Waals surface area contributed by atoms with Crippen LogP contribution < -0.4 is 0 Å². The summed E-state index contributed by atoms with van der Waals surface area (Å²) in [5.74, 6) is 0. The van der Waals surface area contributed by atoms with Crippen molar-refractivity contribution in [3.63, 3.8) is 0 Å². The van der Waals surface area contributed by atoms with Gasteiger partial charge in [-0.1, -0.05) is 12.2 Å². The summed E-state index contributed by atoms with van der Waals surface area (Å²) in [6.45, 7) is 0. The van der Waals surface area contributed by atoms with Crippen molar-refractivity contribution in [3.8, 4) is 0 Å². The molecule has 60 valence electrons. The van der Waals surface area contributed by atoms with Crippen LogP contribution in [0.2, 0.25) is 0 Å². The third-order valence-electron chi connectivity index (χ3n) is 2.43. The lowest BCUT2D eigenvalue weighted by molar-refractivity contribution is 0.516. The fourth-order valence-electron chi connectivity index (χ4n) is 1.79. The maximum absolute atomic E-state index is 2.21. The average Bonchev–Trinajstić information content (AvgIpc) is 2.64. The van der Waals surface area contributed by atoms with E-state index < -0.39 is 0 Å². The van der Waals surface area contributed by atoms with Crippen molar-refractivity contribution in [2.45, 2.75) is 12.8 Å². The van der Waals surface area contributed by atoms with Gasteiger partial charge in [0, 0.05) is 49.0 Å². The second kappa shape index (κ2) is 2.03. The molecule has 2 nitrogen and oxygen atoms in total. The van der Waals surface area contributed by atoms with Gasteiger partial charge in [-0.15, -0.1) is 0 Å². The lowest BCUT2D eigenvalue weighted by atomic mass is 10.3. The van der Waals surface area contributed by atoms with Crippen LogP contribution in [-0.2, 0) is 0 Å². The Balaban J connectivity index is 2.03. The van der Waals surface area contributed by atoms with Crippen LogP contribution in [0.15, 0.2) is 48.3 Å². The van der Waals surface area contributed by atoms with Gasteiger partial charge >= 0.3 is 0 Å². The molecule has 0 radical (unpaired) electrons. The molecule has 3 aliphatic rings. The van der Waals surface area contributed by atoms with Crippen LogP contribution >= 0.6 is 0 Å². The Morgan fingerprint density at radius 2 is 1.33 bits per heavy atom. The third-order valence-corrected chi connectivity index (χ3v) is 2.43. The highest BCUT2D eigenvalue weighted by Gasteiger charge is 2.20. The van der Waals surface area contributed by atoms with E-state index in [1.54, 1.807) is 0 Å². The summed E-state index contributed by atoms with van der Waals surface area (Å²) in [6.07, 6.45) is 15.2. The van der Waals surface area contributed by atoms with Crippen LogP contribution in [0, 0.1) is 0 Å². The van der Waals surface area contributed by atoms with Gasteiger partial charge in [-0.25, -0.2) is 0 Å². The second-order valence-corrected chi connectivity index (χ2v) is 3.23. The summed E-state index contributed by atoms with van der Waals surface area (Å²) in [7, 11) is 0. The van der Waals surface area contributed by atoms with Crippen LogP contribution in [0.1, 0.15) is 12.8 Å². The Morgan fingerprint density at radius 1 is 0.833 bits per heavy atom. The second-order valence-electron chi connectivity index (χ2n) is 3.23. The number of rotatable bonds is 0. The van der Waals surface area contributed by atoms with Gasteiger partial charge in [-0.2, -0.15) is 0 Å². The largest absolute Gasteiger partial charge is 0.324 e. The van der Waals surface area contributed by atoms with Gasteiger partial charge in [0.1, 0.15) is 0 Å². The molecule has 0 unspecified atom stereocenters. The maximum Gasteiger partial charge on any atom is 0.0425 e. The maximum atomic E-state index is 2.21. The zero-order valence-electron chi connectivity index (χ0n) is 6.77. The van der Waals surface area contributed by atoms with Crippen molar-refractivity contribution < 1.29 is 0 Å². The van der Waals surface area contributed by atoms with E-state index in [-0.39, 0.29) is 0 Å². The average molecular weight is 158 g/mol. The molecule has 0 aliphatic carbocycles. The Bertz CT molecular complexity index is 300. The number of hydrogen-bond donors (Lipinski definition) is 0. The van der Waals surface area contributed by atoms with E-state index in [1.165, 1.54) is 11.4 Å². The molecule has 0 amide bonds. The Hall–Kier alpha value is -1.44. The molecule has 3 heterocycles. The molecule has 12 heavy (non-hydrogen) atoms. The van der Waals surface area contributed by atoms with Crippen molar-refractivity contribution in [3.05, 3.63) is 48.3 Å². The van der Waals surface area contributed by atoms with E-state index in [0.29, 0.717) is 0 Å². The molecule has 0 saturated heterocycles. The van der Waals surface area contributed by atoms with Gasteiger partial charge in [0.05, 0.1) is 0 Å². The van der Waals surface area contributed by atoms with Crippen LogP contribution in [-0.4, -0.2) is 9.80 Å². The van der Waals surface area contributed by atoms with Crippen LogP contribution in [0.3, 0.4) is 0 Å². The van der Waals surface area contributed by atoms with E-state index in [0.717, 1.165) is 12.8 Å². The van der Waals surface area contributed by atoms with E-state index in [9.17, 15) is 0 Å². The van der Waals surface area contributed by atoms with Crippen molar-refractivity contribution in [2.24, 2.45) is 0 Å². The Kier molecular flexibility index (Phi) is 1.04. The minimum Gasteiger partial charge on any atom is -0.324 e. The topological polar surface area (TPSA) is 6.48 Å². The lowest BCUT2D eigenvalue weighted by Gasteiger charge is -2.25. The van der Waals surface area contributed by atoms with E-state index in [1.807, 2.05) is 0 Å². The highest BCUT2D eigenvalue weighted by molar-refractivity contribution is 5.31. The molecule has 0 saturated carbocycles. The summed E-state index contributed by atoms with van der Waals surface area (Å²) >= 11 is 0. The van der Waals surface area contributed by atoms with E-state index in [2.05, 4.69) is 46.8 Å². The zero-order valence-corrected chi connectivity index (χ0v) is 6.77. The minimum absolute atomic E-state index is 1.06. The molecule has 0 aromatic carbocycles. The molecule has 0 N–H and O–H groups in total. The van der Waals surface area contributed by atoms with Gasteiger partial charge in [-0.05, 0) is 0 Å². The predicted octanol–water partition coefficient (Wildman–Crippen LogP) is 2.12. The molecule has 0 aromatic rings. The summed E-state index contributed by atoms with van der Waals surface area (Å²) in [5.41, 5.74) is 2.73. The van der Waals surface area contributed by atoms with Crippen LogP contribution in [0.5, 0.6) is 0 Å². The minimum atomic E-state index is 1.06. The molecule has 3 rings (SSSR count). The number of allylic oxidation sites excluding steroid dienone is 2. The quantitative estimate of drug-likeness (QED) is 0.532. The first-order valence-electron chi connectivity index (χ1n) is 4.25. The summed E-state index contributed by atoms with van der Waals surface area (Å²) in [6, 6.07) is 0. The van der Waals surface area contributed by atoms with Gasteiger partial charge in [0.15, 0.2) is 0 Å². The number of fused-ring (bicyclic) bond motifs is 2. The lowest BCUT2D eigenvalue weighted by Crippen LogP contribution is -2.18. The summed E-state index contributed by atoms with van der Waals surface area (Å²) in [5, 5.41) is 0. The molecule has 0 fully saturated rings. The normalized spacial score (nSPS) is 24.0. The van der Waals surface area contributed by atoms with Crippen LogP contribution in [0.25, 0.3) is 0 Å². The highest BCUT2D eigenvalue weighted by atomic mass is 15.2. The first-order chi connectivity index (χ1) is 5.93. The summed E-state index contributed by atoms with van der Waals surface area (Å²) in [4.78, 5) is 4.41. The van der Waals surface area contributed by atoms with E-state index in [4.69, 9.17) is 0 Å². The highest BCUT2D eigenvalue weighted by Crippen LogP contribution is 2.30. The van der Waals surface area contributed by atoms with Gasteiger partial charge in [0.25, 0.3) is 0 Å². The smallest absolute Gasteiger partial charge is 0.0425 e. The van der Waals surface area contributed by atoms with Gasteiger partial charge < -0.3 is 9.80 Å². The molecular formula is C10H10N2. The van der Waals surface area contributed by atoms with Crippen molar-refractivity contribution in [2.75, 3.05) is 0 Å². The molecular weight excluding hydrogens is 148 g/mol. The Morgan fingerprint density at radius 3 is 1.83 bits per heavy atom. The number of hydrogen-bond acceptors (Lipinski definition) is 2. The van der Waals surface area contributed by atoms with Crippen molar-refractivity contribution in [1.29, 1.82) is 0 Å². The molecule has 3 aliphatic heterocycles. The van der Waals surface area contributed by atoms with Crippen LogP contribution in [0.4, 0.5) is 0 Å². The molecule has 0 bridgehead atoms. The van der Waals surface area contributed by atoms with Crippen molar-refractivity contribution in [1.82, 2.24) is 9.80 Å². The Labute approximate surface area is 71.8 Å². The third kappa shape index (κ3) is 0.694. The fourth-order valence-corrected chi connectivity index (χ4v) is 1.79. The summed E-state index contributed by atoms with van der Waals surface area (Å²) < 4.78 is 0. The molecule has 0 aromatic heterocycles. The van der Waals surface area contributed by atoms with Gasteiger partial charge in [-0.3, -0.25) is 0 Å². The predicted molar refractivity (Wildman–Crippen MR) is 47.4 cm³/mol. The van der Waals surface area contributed by atoms with E-state index >= 15 is 0 Å². The molecule has 0 atom stereocenters. The first kappa shape index (κ1) is 6.12. The number of nitrogens with zero attached hydrogens (tertiary/aromatic N) is 2. The first-order valence-corrected chi connectivity index (χ1v) is 4.25. The van der Waals surface area contributed by atoms with Gasteiger partial charge in [0.2, 0.25) is 0 Å². The molecule has 2 heteroatoms. The standard InChI is InChI=1S/C10H10N2/c1-3-9-7-12-6-2-4-10(12)8-11(9)5-1/h1-2,5-8H,3-4H2. The monoisotopic (exact) mass is 158 g/mol. The molecule has 0 spiro atoms. The van der Waals surface area contributed by atoms with Crippen molar-refractivity contribution >= 4 is 0 Å².